The summed E-state index contributed by atoms with van der Waals surface area (Å²) in [6.07, 6.45) is -3.87. The van der Waals surface area contributed by atoms with Crippen LogP contribution >= 0.6 is 0 Å². The van der Waals surface area contributed by atoms with Gasteiger partial charge in [-0.05, 0) is 48.4 Å². The number of carbonyl (C=O) groups is 1. The number of pyridine rings is 1. The largest absolute Gasteiger partial charge is 0.488 e. The maximum Gasteiger partial charge on any atom is 0.417 e. The second kappa shape index (κ2) is 9.16. The van der Waals surface area contributed by atoms with Crippen LogP contribution in [0.1, 0.15) is 23.6 Å². The Kier molecular flexibility index (Phi) is 6.53. The van der Waals surface area contributed by atoms with Crippen LogP contribution < -0.4 is 16.0 Å². The molecule has 0 bridgehead atoms. The molecule has 10 heteroatoms. The van der Waals surface area contributed by atoms with Crippen molar-refractivity contribution in [3.8, 4) is 28.6 Å². The SMILES string of the molecule is CCOc1cc(-c2ccc(CC(N)=O)c(F)c2)cn(-c2ccc(C#N)c(C(F)(F)F)c2)c1=O. The molecule has 0 aliphatic rings. The van der Waals surface area contributed by atoms with Crippen LogP contribution in [0.5, 0.6) is 5.75 Å². The van der Waals surface area contributed by atoms with E-state index < -0.39 is 34.6 Å². The van der Waals surface area contributed by atoms with Gasteiger partial charge in [-0.15, -0.1) is 0 Å². The topological polar surface area (TPSA) is 98.1 Å². The van der Waals surface area contributed by atoms with E-state index in [1.807, 2.05) is 0 Å². The first-order valence-corrected chi connectivity index (χ1v) is 9.63. The van der Waals surface area contributed by atoms with Gasteiger partial charge in [0, 0.05) is 17.4 Å². The quantitative estimate of drug-likeness (QED) is 0.564. The van der Waals surface area contributed by atoms with Gasteiger partial charge >= 0.3 is 6.18 Å². The fourth-order valence-electron chi connectivity index (χ4n) is 3.24. The molecule has 0 spiro atoms. The van der Waals surface area contributed by atoms with Crippen molar-refractivity contribution >= 4 is 5.91 Å². The van der Waals surface area contributed by atoms with E-state index in [0.717, 1.165) is 16.7 Å². The van der Waals surface area contributed by atoms with E-state index >= 15 is 0 Å². The number of hydrogen-bond acceptors (Lipinski definition) is 4. The highest BCUT2D eigenvalue weighted by Crippen LogP contribution is 2.33. The van der Waals surface area contributed by atoms with E-state index in [-0.39, 0.29) is 35.6 Å². The minimum absolute atomic E-state index is 0.0755. The minimum atomic E-state index is -4.82. The maximum atomic E-state index is 14.5. The Morgan fingerprint density at radius 2 is 1.88 bits per heavy atom. The van der Waals surface area contributed by atoms with E-state index in [9.17, 15) is 27.2 Å². The van der Waals surface area contributed by atoms with Crippen LogP contribution in [0.4, 0.5) is 17.6 Å². The van der Waals surface area contributed by atoms with Gasteiger partial charge < -0.3 is 10.5 Å². The molecular weight excluding hydrogens is 442 g/mol. The summed E-state index contributed by atoms with van der Waals surface area (Å²) < 4.78 is 61.0. The van der Waals surface area contributed by atoms with Crippen molar-refractivity contribution in [2.75, 3.05) is 6.61 Å². The van der Waals surface area contributed by atoms with E-state index in [1.54, 1.807) is 6.92 Å². The summed E-state index contributed by atoms with van der Waals surface area (Å²) in [5, 5.41) is 9.00. The molecule has 0 saturated heterocycles. The number of aromatic nitrogens is 1. The summed E-state index contributed by atoms with van der Waals surface area (Å²) in [5.41, 5.74) is 3.08. The summed E-state index contributed by atoms with van der Waals surface area (Å²) in [6, 6.07) is 9.65. The first kappa shape index (κ1) is 23.5. The first-order chi connectivity index (χ1) is 15.5. The number of nitrogens with two attached hydrogens (primary N) is 1. The molecule has 0 atom stereocenters. The monoisotopic (exact) mass is 459 g/mol. The van der Waals surface area contributed by atoms with Crippen molar-refractivity contribution in [1.82, 2.24) is 4.57 Å². The molecule has 1 aromatic heterocycles. The average Bonchev–Trinajstić information content (AvgIpc) is 2.75. The summed E-state index contributed by atoms with van der Waals surface area (Å²) in [7, 11) is 0. The van der Waals surface area contributed by atoms with E-state index in [4.69, 9.17) is 15.7 Å². The molecule has 3 rings (SSSR count). The van der Waals surface area contributed by atoms with Crippen LogP contribution in [0.3, 0.4) is 0 Å². The third-order valence-electron chi connectivity index (χ3n) is 4.74. The van der Waals surface area contributed by atoms with Gasteiger partial charge in [-0.1, -0.05) is 12.1 Å². The molecule has 0 unspecified atom stereocenters. The Bertz CT molecular complexity index is 1320. The molecule has 1 heterocycles. The standard InChI is InChI=1S/C23H17F4N3O3/c1-2-33-20-8-16(13-3-4-14(9-21(29)31)19(24)7-13)12-30(22(20)32)17-6-5-15(11-28)18(10-17)23(25,26)27/h3-8,10,12H,2,9H2,1H3,(H2,29,31). The summed E-state index contributed by atoms with van der Waals surface area (Å²) in [6.45, 7) is 1.73. The summed E-state index contributed by atoms with van der Waals surface area (Å²) in [5.74, 6) is -1.58. The highest BCUT2D eigenvalue weighted by molar-refractivity contribution is 5.77. The van der Waals surface area contributed by atoms with Crippen LogP contribution in [0.2, 0.25) is 0 Å². The molecule has 0 fully saturated rings. The van der Waals surface area contributed by atoms with E-state index in [2.05, 4.69) is 0 Å². The Morgan fingerprint density at radius 1 is 1.15 bits per heavy atom. The van der Waals surface area contributed by atoms with Crippen LogP contribution in [0.25, 0.3) is 16.8 Å². The minimum Gasteiger partial charge on any atom is -0.488 e. The maximum absolute atomic E-state index is 14.5. The van der Waals surface area contributed by atoms with Gasteiger partial charge in [-0.25, -0.2) is 4.39 Å². The molecule has 0 aliphatic carbocycles. The lowest BCUT2D eigenvalue weighted by atomic mass is 10.0. The van der Waals surface area contributed by atoms with E-state index in [0.29, 0.717) is 11.6 Å². The van der Waals surface area contributed by atoms with Crippen molar-refractivity contribution < 1.29 is 27.1 Å². The lowest BCUT2D eigenvalue weighted by Gasteiger charge is -2.15. The highest BCUT2D eigenvalue weighted by atomic mass is 19.4. The number of rotatable bonds is 6. The average molecular weight is 459 g/mol. The predicted molar refractivity (Wildman–Crippen MR) is 111 cm³/mol. The first-order valence-electron chi connectivity index (χ1n) is 9.63. The highest BCUT2D eigenvalue weighted by Gasteiger charge is 2.34. The number of alkyl halides is 3. The molecule has 6 nitrogen and oxygen atoms in total. The van der Waals surface area contributed by atoms with Gasteiger partial charge in [0.05, 0.1) is 30.2 Å². The molecule has 1 amide bonds. The Morgan fingerprint density at radius 3 is 2.45 bits per heavy atom. The van der Waals surface area contributed by atoms with Crippen molar-refractivity contribution in [2.45, 2.75) is 19.5 Å². The number of carbonyl (C=O) groups excluding carboxylic acids is 1. The van der Waals surface area contributed by atoms with E-state index in [1.165, 1.54) is 36.5 Å². The Hall–Kier alpha value is -4.13. The molecule has 0 saturated carbocycles. The zero-order valence-corrected chi connectivity index (χ0v) is 17.2. The normalized spacial score (nSPS) is 11.2. The number of halogens is 4. The fraction of sp³-hybridized carbons (Fsp3) is 0.174. The predicted octanol–water partition coefficient (Wildman–Crippen LogP) is 3.96. The van der Waals surface area contributed by atoms with Crippen molar-refractivity contribution in [3.05, 3.63) is 81.5 Å². The van der Waals surface area contributed by atoms with Gasteiger partial charge in [0.2, 0.25) is 5.91 Å². The third-order valence-corrected chi connectivity index (χ3v) is 4.74. The molecular formula is C23H17F4N3O3. The lowest BCUT2D eigenvalue weighted by Crippen LogP contribution is -2.21. The zero-order valence-electron chi connectivity index (χ0n) is 17.2. The Balaban J connectivity index is 2.21. The second-order valence-corrected chi connectivity index (χ2v) is 6.99. The summed E-state index contributed by atoms with van der Waals surface area (Å²) in [4.78, 5) is 23.9. The zero-order chi connectivity index (χ0) is 24.3. The van der Waals surface area contributed by atoms with Crippen LogP contribution in [0, 0.1) is 17.1 Å². The summed E-state index contributed by atoms with van der Waals surface area (Å²) >= 11 is 0. The van der Waals surface area contributed by atoms with Crippen molar-refractivity contribution in [3.63, 3.8) is 0 Å². The number of ether oxygens (including phenoxy) is 1. The lowest BCUT2D eigenvalue weighted by molar-refractivity contribution is -0.137. The van der Waals surface area contributed by atoms with Crippen molar-refractivity contribution in [1.29, 1.82) is 5.26 Å². The van der Waals surface area contributed by atoms with Gasteiger partial charge in [-0.3, -0.25) is 14.2 Å². The van der Waals surface area contributed by atoms with Gasteiger partial charge in [0.25, 0.3) is 5.56 Å². The molecule has 2 N–H and O–H groups in total. The molecule has 33 heavy (non-hydrogen) atoms. The fourth-order valence-corrected chi connectivity index (χ4v) is 3.24. The van der Waals surface area contributed by atoms with Crippen molar-refractivity contribution in [2.24, 2.45) is 5.73 Å². The van der Waals surface area contributed by atoms with Crippen LogP contribution in [-0.4, -0.2) is 17.1 Å². The smallest absolute Gasteiger partial charge is 0.417 e. The molecule has 170 valence electrons. The van der Waals surface area contributed by atoms with Gasteiger partial charge in [-0.2, -0.15) is 18.4 Å². The number of amides is 1. The second-order valence-electron chi connectivity index (χ2n) is 6.99. The van der Waals surface area contributed by atoms with Gasteiger partial charge in [0.15, 0.2) is 5.75 Å². The third kappa shape index (κ3) is 5.03. The number of nitrogens with zero attached hydrogens (tertiary/aromatic N) is 2. The van der Waals surface area contributed by atoms with Crippen LogP contribution in [-0.2, 0) is 17.4 Å². The number of benzene rings is 2. The molecule has 3 aromatic rings. The molecule has 0 radical (unpaired) electrons. The van der Waals surface area contributed by atoms with Crippen LogP contribution in [0.15, 0.2) is 53.5 Å². The number of primary amides is 1. The Labute approximate surface area is 185 Å². The van der Waals surface area contributed by atoms with Gasteiger partial charge in [0.1, 0.15) is 5.82 Å². The molecule has 2 aromatic carbocycles. The number of hydrogen-bond donors (Lipinski definition) is 1. The number of nitriles is 1. The molecule has 0 aliphatic heterocycles.